The molecule has 16 heavy (non-hydrogen) atoms. The van der Waals surface area contributed by atoms with Crippen molar-refractivity contribution in [2.24, 2.45) is 5.73 Å². The molecular weight excluding hydrogens is 224 g/mol. The third-order valence-corrected chi connectivity index (χ3v) is 4.07. The van der Waals surface area contributed by atoms with E-state index < -0.39 is 0 Å². The Morgan fingerprint density at radius 1 is 1.56 bits per heavy atom. The molecule has 2 aliphatic heterocycles. The number of aromatic nitrogens is 1. The van der Waals surface area contributed by atoms with Crippen LogP contribution in [0.25, 0.3) is 0 Å². The molecule has 1 aromatic rings. The minimum atomic E-state index is -0.228. The molecule has 2 aliphatic rings. The number of hydrogen-bond acceptors (Lipinski definition) is 3. The molecular formula is C12H15ClN2O. The predicted octanol–water partition coefficient (Wildman–Crippen LogP) is 1.93. The van der Waals surface area contributed by atoms with Gasteiger partial charge in [0.2, 0.25) is 0 Å². The lowest BCUT2D eigenvalue weighted by Crippen LogP contribution is -2.50. The topological polar surface area (TPSA) is 48.1 Å². The molecule has 3 rings (SSSR count). The summed E-state index contributed by atoms with van der Waals surface area (Å²) in [5.74, 6) is 0. The Bertz CT molecular complexity index is 412. The van der Waals surface area contributed by atoms with Crippen LogP contribution in [0.5, 0.6) is 0 Å². The van der Waals surface area contributed by atoms with E-state index >= 15 is 0 Å². The molecule has 4 heteroatoms. The van der Waals surface area contributed by atoms with Crippen molar-refractivity contribution in [1.29, 1.82) is 0 Å². The predicted molar refractivity (Wildman–Crippen MR) is 62.4 cm³/mol. The van der Waals surface area contributed by atoms with Gasteiger partial charge >= 0.3 is 0 Å². The zero-order valence-electron chi connectivity index (χ0n) is 9.03. The second-order valence-corrected chi connectivity index (χ2v) is 5.31. The number of halogens is 1. The van der Waals surface area contributed by atoms with Gasteiger partial charge in [-0.3, -0.25) is 4.98 Å². The van der Waals surface area contributed by atoms with Gasteiger partial charge < -0.3 is 10.5 Å². The van der Waals surface area contributed by atoms with Gasteiger partial charge in [0, 0.05) is 17.9 Å². The standard InChI is InChI=1S/C12H15ClN2O/c13-10-7-15-4-3-8(10)5-12(14)6-9-1-2-11(12)16-9/h3-4,7,9,11H,1-2,5-6,14H2. The van der Waals surface area contributed by atoms with E-state index in [4.69, 9.17) is 22.1 Å². The van der Waals surface area contributed by atoms with Crippen molar-refractivity contribution in [3.05, 3.63) is 29.0 Å². The molecule has 2 bridgehead atoms. The van der Waals surface area contributed by atoms with E-state index in [-0.39, 0.29) is 11.6 Å². The van der Waals surface area contributed by atoms with Crippen LogP contribution in [-0.2, 0) is 11.2 Å². The Kier molecular flexibility index (Phi) is 2.42. The number of nitrogens with zero attached hydrogens (tertiary/aromatic N) is 1. The number of nitrogens with two attached hydrogens (primary N) is 1. The maximum atomic E-state index is 6.44. The van der Waals surface area contributed by atoms with Gasteiger partial charge in [-0.25, -0.2) is 0 Å². The summed E-state index contributed by atoms with van der Waals surface area (Å²) in [6.45, 7) is 0. The summed E-state index contributed by atoms with van der Waals surface area (Å²) in [7, 11) is 0. The van der Waals surface area contributed by atoms with Crippen molar-refractivity contribution in [2.75, 3.05) is 0 Å². The molecule has 0 spiro atoms. The van der Waals surface area contributed by atoms with Crippen LogP contribution in [-0.4, -0.2) is 22.7 Å². The Hall–Kier alpha value is -0.640. The number of ether oxygens (including phenoxy) is 1. The van der Waals surface area contributed by atoms with E-state index in [0.717, 1.165) is 31.2 Å². The van der Waals surface area contributed by atoms with Crippen molar-refractivity contribution in [1.82, 2.24) is 4.98 Å². The number of pyridine rings is 1. The summed E-state index contributed by atoms with van der Waals surface area (Å²) in [6, 6.07) is 1.95. The number of hydrogen-bond donors (Lipinski definition) is 1. The Labute approximate surface area is 100.0 Å². The molecule has 86 valence electrons. The van der Waals surface area contributed by atoms with E-state index in [1.54, 1.807) is 12.4 Å². The highest BCUT2D eigenvalue weighted by Crippen LogP contribution is 2.42. The van der Waals surface area contributed by atoms with Crippen LogP contribution in [0.3, 0.4) is 0 Å². The van der Waals surface area contributed by atoms with Gasteiger partial charge in [0.05, 0.1) is 17.2 Å². The van der Waals surface area contributed by atoms with E-state index in [1.165, 1.54) is 0 Å². The molecule has 3 nitrogen and oxygen atoms in total. The second kappa shape index (κ2) is 3.69. The third kappa shape index (κ3) is 1.63. The molecule has 3 atom stereocenters. The molecule has 0 aromatic carbocycles. The molecule has 3 heterocycles. The molecule has 3 unspecified atom stereocenters. The van der Waals surface area contributed by atoms with Crippen molar-refractivity contribution in [3.63, 3.8) is 0 Å². The van der Waals surface area contributed by atoms with Crippen LogP contribution in [0.1, 0.15) is 24.8 Å². The van der Waals surface area contributed by atoms with Gasteiger partial charge in [-0.2, -0.15) is 0 Å². The van der Waals surface area contributed by atoms with E-state index in [0.29, 0.717) is 11.1 Å². The monoisotopic (exact) mass is 238 g/mol. The van der Waals surface area contributed by atoms with Gasteiger partial charge in [-0.1, -0.05) is 11.6 Å². The van der Waals surface area contributed by atoms with Crippen molar-refractivity contribution in [3.8, 4) is 0 Å². The fourth-order valence-electron chi connectivity index (χ4n) is 2.92. The summed E-state index contributed by atoms with van der Waals surface area (Å²) in [4.78, 5) is 3.99. The number of fused-ring (bicyclic) bond motifs is 2. The van der Waals surface area contributed by atoms with Gasteiger partial charge in [0.15, 0.2) is 0 Å². The first kappa shape index (κ1) is 10.5. The van der Waals surface area contributed by atoms with Crippen molar-refractivity contribution in [2.45, 2.75) is 43.4 Å². The van der Waals surface area contributed by atoms with Crippen LogP contribution in [0.4, 0.5) is 0 Å². The van der Waals surface area contributed by atoms with Gasteiger partial charge in [-0.15, -0.1) is 0 Å². The maximum Gasteiger partial charge on any atom is 0.0763 e. The average Bonchev–Trinajstić information content (AvgIpc) is 2.81. The van der Waals surface area contributed by atoms with Crippen LogP contribution >= 0.6 is 11.6 Å². The lowest BCUT2D eigenvalue weighted by atomic mass is 9.78. The van der Waals surface area contributed by atoms with E-state index in [9.17, 15) is 0 Å². The van der Waals surface area contributed by atoms with Crippen LogP contribution < -0.4 is 5.73 Å². The van der Waals surface area contributed by atoms with Crippen LogP contribution in [0.15, 0.2) is 18.5 Å². The maximum absolute atomic E-state index is 6.44. The van der Waals surface area contributed by atoms with Gasteiger partial charge in [-0.05, 0) is 37.3 Å². The first-order valence-corrected chi connectivity index (χ1v) is 6.08. The smallest absolute Gasteiger partial charge is 0.0763 e. The van der Waals surface area contributed by atoms with E-state index in [2.05, 4.69) is 4.98 Å². The summed E-state index contributed by atoms with van der Waals surface area (Å²) in [5, 5.41) is 0.704. The highest BCUT2D eigenvalue weighted by Gasteiger charge is 2.49. The summed E-state index contributed by atoms with van der Waals surface area (Å²) < 4.78 is 5.82. The van der Waals surface area contributed by atoms with Crippen molar-refractivity contribution >= 4 is 11.6 Å². The molecule has 0 saturated carbocycles. The summed E-state index contributed by atoms with van der Waals surface area (Å²) >= 11 is 6.11. The van der Waals surface area contributed by atoms with Gasteiger partial charge in [0.1, 0.15) is 0 Å². The largest absolute Gasteiger partial charge is 0.373 e. The Morgan fingerprint density at radius 3 is 3.06 bits per heavy atom. The van der Waals surface area contributed by atoms with E-state index in [1.807, 2.05) is 6.07 Å². The second-order valence-electron chi connectivity index (χ2n) is 4.91. The molecule has 0 radical (unpaired) electrons. The van der Waals surface area contributed by atoms with Crippen LogP contribution in [0.2, 0.25) is 5.02 Å². The van der Waals surface area contributed by atoms with Gasteiger partial charge in [0.25, 0.3) is 0 Å². The molecule has 1 aromatic heterocycles. The minimum Gasteiger partial charge on any atom is -0.373 e. The lowest BCUT2D eigenvalue weighted by Gasteiger charge is -2.31. The number of rotatable bonds is 2. The summed E-state index contributed by atoms with van der Waals surface area (Å²) in [6.07, 6.45) is 8.01. The first-order valence-electron chi connectivity index (χ1n) is 5.70. The zero-order chi connectivity index (χ0) is 11.2. The third-order valence-electron chi connectivity index (χ3n) is 3.73. The highest BCUT2D eigenvalue weighted by atomic mass is 35.5. The molecule has 0 amide bonds. The lowest BCUT2D eigenvalue weighted by molar-refractivity contribution is 0.0856. The molecule has 2 fully saturated rings. The molecule has 0 aliphatic carbocycles. The zero-order valence-corrected chi connectivity index (χ0v) is 9.78. The molecule has 2 saturated heterocycles. The Morgan fingerprint density at radius 2 is 2.44 bits per heavy atom. The fraction of sp³-hybridized carbons (Fsp3) is 0.583. The summed E-state index contributed by atoms with van der Waals surface area (Å²) in [5.41, 5.74) is 7.29. The SMILES string of the molecule is NC1(Cc2ccncc2Cl)CC2CCC1O2. The minimum absolute atomic E-state index is 0.210. The normalized spacial score (nSPS) is 36.9. The average molecular weight is 239 g/mol. The fourth-order valence-corrected chi connectivity index (χ4v) is 3.11. The van der Waals surface area contributed by atoms with Crippen LogP contribution in [0, 0.1) is 0 Å². The van der Waals surface area contributed by atoms with Crippen molar-refractivity contribution < 1.29 is 4.74 Å². The molecule has 2 N–H and O–H groups in total. The first-order chi connectivity index (χ1) is 7.67. The quantitative estimate of drug-likeness (QED) is 0.857. The highest BCUT2D eigenvalue weighted by molar-refractivity contribution is 6.31. The Balaban J connectivity index is 1.82.